The quantitative estimate of drug-likeness (QED) is 0.312. The number of ether oxygens (including phenoxy) is 2. The van der Waals surface area contributed by atoms with Gasteiger partial charge < -0.3 is 14.4 Å². The van der Waals surface area contributed by atoms with Crippen LogP contribution in [0.25, 0.3) is 0 Å². The molecule has 5 heteroatoms. The van der Waals surface area contributed by atoms with E-state index >= 15 is 0 Å². The number of benzene rings is 3. The molecule has 0 fully saturated rings. The molecule has 144 valence electrons. The topological polar surface area (TPSA) is 55.8 Å². The third-order valence-electron chi connectivity index (χ3n) is 3.97. The second-order valence-electron chi connectivity index (χ2n) is 5.91. The van der Waals surface area contributed by atoms with Gasteiger partial charge in [-0.15, -0.1) is 0 Å². The molecule has 3 rings (SSSR count). The first-order chi connectivity index (χ1) is 14.1. The zero-order chi connectivity index (χ0) is 20.6. The van der Waals surface area contributed by atoms with Crippen molar-refractivity contribution in [3.63, 3.8) is 0 Å². The Morgan fingerprint density at radius 3 is 1.38 bits per heavy atom. The van der Waals surface area contributed by atoms with E-state index in [0.29, 0.717) is 11.5 Å². The highest BCUT2D eigenvalue weighted by atomic mass is 16.5. The van der Waals surface area contributed by atoms with Crippen molar-refractivity contribution in [1.29, 1.82) is 0 Å². The second kappa shape index (κ2) is 9.19. The van der Waals surface area contributed by atoms with E-state index in [9.17, 15) is 9.59 Å². The molecule has 0 bridgehead atoms. The predicted octanol–water partition coefficient (Wildman–Crippen LogP) is 5.34. The van der Waals surface area contributed by atoms with Gasteiger partial charge in [-0.25, -0.2) is 9.59 Å². The predicted molar refractivity (Wildman–Crippen MR) is 113 cm³/mol. The first-order valence-electron chi connectivity index (χ1n) is 8.84. The maximum Gasteiger partial charge on any atom is 0.335 e. The standard InChI is InChI=1S/C24H19NO4/c1-3-23(26)28-21-14-10-19(11-15-21)25(18-8-6-5-7-9-18)20-12-16-22(17-13-20)29-24(27)4-2/h3-17H,1-2H2. The Morgan fingerprint density at radius 2 is 1.00 bits per heavy atom. The molecule has 0 aliphatic heterocycles. The zero-order valence-electron chi connectivity index (χ0n) is 15.7. The molecule has 0 heterocycles. The molecule has 0 saturated carbocycles. The van der Waals surface area contributed by atoms with Crippen LogP contribution in [0.15, 0.2) is 104 Å². The number of hydrogen-bond donors (Lipinski definition) is 0. The van der Waals surface area contributed by atoms with E-state index in [0.717, 1.165) is 29.2 Å². The van der Waals surface area contributed by atoms with Crippen LogP contribution in [-0.4, -0.2) is 11.9 Å². The van der Waals surface area contributed by atoms with Crippen molar-refractivity contribution in [2.75, 3.05) is 4.90 Å². The molecular formula is C24H19NO4. The van der Waals surface area contributed by atoms with Crippen LogP contribution in [0.3, 0.4) is 0 Å². The van der Waals surface area contributed by atoms with Crippen molar-refractivity contribution in [2.45, 2.75) is 0 Å². The fraction of sp³-hybridized carbons (Fsp3) is 0. The summed E-state index contributed by atoms with van der Waals surface area (Å²) in [6.07, 6.45) is 2.23. The van der Waals surface area contributed by atoms with Crippen molar-refractivity contribution in [3.05, 3.63) is 104 Å². The van der Waals surface area contributed by atoms with Gasteiger partial charge in [-0.05, 0) is 60.7 Å². The van der Waals surface area contributed by atoms with Gasteiger partial charge in [0, 0.05) is 29.2 Å². The van der Waals surface area contributed by atoms with E-state index < -0.39 is 11.9 Å². The van der Waals surface area contributed by atoms with E-state index in [1.807, 2.05) is 59.5 Å². The molecule has 5 nitrogen and oxygen atoms in total. The Labute approximate surface area is 169 Å². The van der Waals surface area contributed by atoms with Crippen LogP contribution >= 0.6 is 0 Å². The summed E-state index contributed by atoms with van der Waals surface area (Å²) in [7, 11) is 0. The van der Waals surface area contributed by atoms with Gasteiger partial charge in [-0.3, -0.25) is 0 Å². The minimum Gasteiger partial charge on any atom is -0.423 e. The van der Waals surface area contributed by atoms with Gasteiger partial charge in [-0.1, -0.05) is 31.4 Å². The fourth-order valence-corrected chi connectivity index (χ4v) is 2.67. The minimum atomic E-state index is -0.512. The summed E-state index contributed by atoms with van der Waals surface area (Å²) in [5, 5.41) is 0. The van der Waals surface area contributed by atoms with Gasteiger partial charge in [0.1, 0.15) is 11.5 Å². The SMILES string of the molecule is C=CC(=O)Oc1ccc(N(c2ccccc2)c2ccc(OC(=O)C=C)cc2)cc1. The Balaban J connectivity index is 1.93. The van der Waals surface area contributed by atoms with Crippen LogP contribution in [-0.2, 0) is 9.59 Å². The number of carbonyl (C=O) groups excluding carboxylic acids is 2. The second-order valence-corrected chi connectivity index (χ2v) is 5.91. The van der Waals surface area contributed by atoms with Crippen molar-refractivity contribution < 1.29 is 19.1 Å². The lowest BCUT2D eigenvalue weighted by Gasteiger charge is -2.25. The smallest absolute Gasteiger partial charge is 0.335 e. The normalized spacial score (nSPS) is 9.93. The molecule has 0 N–H and O–H groups in total. The van der Waals surface area contributed by atoms with Crippen molar-refractivity contribution >= 4 is 29.0 Å². The lowest BCUT2D eigenvalue weighted by Crippen LogP contribution is -2.10. The fourth-order valence-electron chi connectivity index (χ4n) is 2.67. The lowest BCUT2D eigenvalue weighted by atomic mass is 10.2. The van der Waals surface area contributed by atoms with Crippen molar-refractivity contribution in [2.24, 2.45) is 0 Å². The molecule has 3 aromatic rings. The third-order valence-corrected chi connectivity index (χ3v) is 3.97. The molecule has 0 aliphatic rings. The molecule has 0 saturated heterocycles. The third kappa shape index (κ3) is 4.99. The lowest BCUT2D eigenvalue weighted by molar-refractivity contribution is -0.129. The summed E-state index contributed by atoms with van der Waals surface area (Å²) in [5.74, 6) is -0.165. The van der Waals surface area contributed by atoms with Crippen molar-refractivity contribution in [1.82, 2.24) is 0 Å². The number of nitrogens with zero attached hydrogens (tertiary/aromatic N) is 1. The Hall–Kier alpha value is -4.12. The first-order valence-corrected chi connectivity index (χ1v) is 8.84. The number of esters is 2. The summed E-state index contributed by atoms with van der Waals surface area (Å²) in [4.78, 5) is 24.8. The molecule has 0 unspecified atom stereocenters. The highest BCUT2D eigenvalue weighted by molar-refractivity contribution is 5.84. The molecular weight excluding hydrogens is 366 g/mol. The molecule has 29 heavy (non-hydrogen) atoms. The van der Waals surface area contributed by atoms with E-state index in [-0.39, 0.29) is 0 Å². The molecule has 0 spiro atoms. The first kappa shape index (κ1) is 19.6. The molecule has 0 aliphatic carbocycles. The Morgan fingerprint density at radius 1 is 0.621 bits per heavy atom. The average molecular weight is 385 g/mol. The molecule has 0 atom stereocenters. The highest BCUT2D eigenvalue weighted by Gasteiger charge is 2.13. The van der Waals surface area contributed by atoms with Crippen LogP contribution in [0.5, 0.6) is 11.5 Å². The van der Waals surface area contributed by atoms with Gasteiger partial charge >= 0.3 is 11.9 Å². The molecule has 0 aromatic heterocycles. The Bertz CT molecular complexity index is 944. The summed E-state index contributed by atoms with van der Waals surface area (Å²) in [6, 6.07) is 24.1. The van der Waals surface area contributed by atoms with E-state index in [1.54, 1.807) is 24.3 Å². The summed E-state index contributed by atoms with van der Waals surface area (Å²) < 4.78 is 10.3. The number of hydrogen-bond acceptors (Lipinski definition) is 5. The van der Waals surface area contributed by atoms with Crippen LogP contribution in [0.4, 0.5) is 17.1 Å². The van der Waals surface area contributed by atoms with E-state index in [2.05, 4.69) is 13.2 Å². The Kier molecular flexibility index (Phi) is 6.22. The molecule has 3 aromatic carbocycles. The van der Waals surface area contributed by atoms with Gasteiger partial charge in [0.05, 0.1) is 0 Å². The monoisotopic (exact) mass is 385 g/mol. The molecule has 0 radical (unpaired) electrons. The van der Waals surface area contributed by atoms with Gasteiger partial charge in [0.25, 0.3) is 0 Å². The number of anilines is 3. The summed E-state index contributed by atoms with van der Waals surface area (Å²) >= 11 is 0. The van der Waals surface area contributed by atoms with Crippen LogP contribution in [0, 0.1) is 0 Å². The average Bonchev–Trinajstić information content (AvgIpc) is 2.77. The van der Waals surface area contributed by atoms with Gasteiger partial charge in [0.15, 0.2) is 0 Å². The molecule has 0 amide bonds. The summed E-state index contributed by atoms with van der Waals surface area (Å²) in [5.41, 5.74) is 2.68. The van der Waals surface area contributed by atoms with Crippen LogP contribution in [0.2, 0.25) is 0 Å². The maximum atomic E-state index is 11.4. The number of para-hydroxylation sites is 1. The zero-order valence-corrected chi connectivity index (χ0v) is 15.7. The number of rotatable bonds is 7. The van der Waals surface area contributed by atoms with E-state index in [1.165, 1.54) is 0 Å². The summed E-state index contributed by atoms with van der Waals surface area (Å²) in [6.45, 7) is 6.79. The van der Waals surface area contributed by atoms with Crippen LogP contribution in [0.1, 0.15) is 0 Å². The van der Waals surface area contributed by atoms with Crippen LogP contribution < -0.4 is 14.4 Å². The van der Waals surface area contributed by atoms with Gasteiger partial charge in [-0.2, -0.15) is 0 Å². The maximum absolute atomic E-state index is 11.4. The van der Waals surface area contributed by atoms with Gasteiger partial charge in [0.2, 0.25) is 0 Å². The largest absolute Gasteiger partial charge is 0.423 e. The van der Waals surface area contributed by atoms with Crippen molar-refractivity contribution in [3.8, 4) is 11.5 Å². The van der Waals surface area contributed by atoms with E-state index in [4.69, 9.17) is 9.47 Å². The number of carbonyl (C=O) groups is 2. The highest BCUT2D eigenvalue weighted by Crippen LogP contribution is 2.35. The minimum absolute atomic E-state index is 0.429.